The van der Waals surface area contributed by atoms with E-state index in [-0.39, 0.29) is 21.6 Å². The SMILES string of the molecule is Cc1ccc(NC(=O)C2CSC3(C)CCC(=O)N23)cc1S(=O)(=O)N1CCCCC1. The highest BCUT2D eigenvalue weighted by atomic mass is 32.2. The van der Waals surface area contributed by atoms with Crippen molar-refractivity contribution >= 4 is 39.3 Å². The van der Waals surface area contributed by atoms with Crippen LogP contribution in [0.1, 0.15) is 44.6 Å². The standard InChI is InChI=1S/C20H27N3O4S2/c1-14-6-7-15(12-17(14)29(26,27)22-10-4-3-5-11-22)21-19(25)16-13-28-20(2)9-8-18(24)23(16)20/h6-7,12,16H,3-5,8-11,13H2,1-2H3,(H,21,25). The molecular formula is C20H27N3O4S2. The topological polar surface area (TPSA) is 86.8 Å². The number of nitrogens with one attached hydrogen (secondary N) is 1. The first-order chi connectivity index (χ1) is 13.7. The highest BCUT2D eigenvalue weighted by Gasteiger charge is 2.52. The monoisotopic (exact) mass is 437 g/mol. The number of carbonyl (C=O) groups excluding carboxylic acids is 2. The van der Waals surface area contributed by atoms with Crippen molar-refractivity contribution in [2.24, 2.45) is 0 Å². The number of fused-ring (bicyclic) bond motifs is 1. The number of amides is 2. The molecule has 2 amide bonds. The van der Waals surface area contributed by atoms with Crippen molar-refractivity contribution in [3.05, 3.63) is 23.8 Å². The molecule has 3 heterocycles. The van der Waals surface area contributed by atoms with Crippen molar-refractivity contribution in [3.63, 3.8) is 0 Å². The predicted molar refractivity (Wildman–Crippen MR) is 113 cm³/mol. The summed E-state index contributed by atoms with van der Waals surface area (Å²) < 4.78 is 27.7. The summed E-state index contributed by atoms with van der Waals surface area (Å²) in [5.74, 6) is 0.301. The zero-order chi connectivity index (χ0) is 20.8. The fourth-order valence-corrected chi connectivity index (χ4v) is 7.64. The number of hydrogen-bond donors (Lipinski definition) is 1. The first-order valence-corrected chi connectivity index (χ1v) is 12.5. The molecule has 29 heavy (non-hydrogen) atoms. The minimum absolute atomic E-state index is 0.00919. The minimum Gasteiger partial charge on any atom is -0.324 e. The van der Waals surface area contributed by atoms with E-state index >= 15 is 0 Å². The van der Waals surface area contributed by atoms with E-state index in [1.807, 2.05) is 6.92 Å². The molecule has 1 N–H and O–H groups in total. The maximum absolute atomic E-state index is 13.1. The van der Waals surface area contributed by atoms with E-state index in [4.69, 9.17) is 0 Å². The summed E-state index contributed by atoms with van der Waals surface area (Å²) in [6.45, 7) is 4.84. The Balaban J connectivity index is 1.55. The van der Waals surface area contributed by atoms with Gasteiger partial charge in [0, 0.05) is 31.0 Å². The van der Waals surface area contributed by atoms with Crippen molar-refractivity contribution in [1.29, 1.82) is 0 Å². The Labute approximate surface area is 176 Å². The van der Waals surface area contributed by atoms with Gasteiger partial charge in [0.2, 0.25) is 21.8 Å². The van der Waals surface area contributed by atoms with Gasteiger partial charge in [0.25, 0.3) is 0 Å². The Kier molecular flexibility index (Phi) is 5.41. The lowest BCUT2D eigenvalue weighted by atomic mass is 10.2. The molecule has 0 bridgehead atoms. The lowest BCUT2D eigenvalue weighted by molar-refractivity contribution is -0.135. The molecular weight excluding hydrogens is 410 g/mol. The van der Waals surface area contributed by atoms with Crippen molar-refractivity contribution in [2.75, 3.05) is 24.2 Å². The van der Waals surface area contributed by atoms with Crippen LogP contribution in [0.25, 0.3) is 0 Å². The zero-order valence-electron chi connectivity index (χ0n) is 16.8. The number of sulfonamides is 1. The smallest absolute Gasteiger partial charge is 0.248 e. The number of piperidine rings is 1. The lowest BCUT2D eigenvalue weighted by Crippen LogP contribution is -2.48. The summed E-state index contributed by atoms with van der Waals surface area (Å²) in [6, 6.07) is 4.46. The Hall–Kier alpha value is -1.58. The van der Waals surface area contributed by atoms with Crippen molar-refractivity contribution in [2.45, 2.75) is 61.8 Å². The molecule has 0 aromatic heterocycles. The van der Waals surface area contributed by atoms with Crippen LogP contribution < -0.4 is 5.32 Å². The normalized spacial score (nSPS) is 27.9. The molecule has 3 fully saturated rings. The summed E-state index contributed by atoms with van der Waals surface area (Å²) in [4.78, 5) is 26.8. The minimum atomic E-state index is -3.59. The van der Waals surface area contributed by atoms with Gasteiger partial charge in [0.05, 0.1) is 9.77 Å². The van der Waals surface area contributed by atoms with Crippen molar-refractivity contribution in [1.82, 2.24) is 9.21 Å². The van der Waals surface area contributed by atoms with Crippen LogP contribution in [0.15, 0.2) is 23.1 Å². The highest BCUT2D eigenvalue weighted by Crippen LogP contribution is 2.47. The van der Waals surface area contributed by atoms with E-state index in [1.165, 1.54) is 4.31 Å². The second kappa shape index (κ2) is 7.59. The van der Waals surface area contributed by atoms with Crippen molar-refractivity contribution < 1.29 is 18.0 Å². The summed E-state index contributed by atoms with van der Waals surface area (Å²) in [7, 11) is -3.59. The van der Waals surface area contributed by atoms with E-state index < -0.39 is 16.1 Å². The molecule has 158 valence electrons. The quantitative estimate of drug-likeness (QED) is 0.782. The molecule has 7 nitrogen and oxygen atoms in total. The third-order valence-corrected chi connectivity index (χ3v) is 9.68. The Morgan fingerprint density at radius 1 is 1.24 bits per heavy atom. The third kappa shape index (κ3) is 3.68. The van der Waals surface area contributed by atoms with Crippen LogP contribution in [0, 0.1) is 6.92 Å². The number of aryl methyl sites for hydroxylation is 1. The molecule has 0 radical (unpaired) electrons. The Bertz CT molecular complexity index is 943. The van der Waals surface area contributed by atoms with Crippen LogP contribution in [0.5, 0.6) is 0 Å². The van der Waals surface area contributed by atoms with Crippen LogP contribution in [-0.4, -0.2) is 59.2 Å². The molecule has 2 unspecified atom stereocenters. The summed E-state index contributed by atoms with van der Waals surface area (Å²) in [5, 5.41) is 2.85. The molecule has 0 saturated carbocycles. The van der Waals surface area contributed by atoms with E-state index in [0.717, 1.165) is 25.7 Å². The second-order valence-corrected chi connectivity index (χ2v) is 11.6. The number of hydrogen-bond acceptors (Lipinski definition) is 5. The molecule has 3 aliphatic rings. The van der Waals surface area contributed by atoms with Gasteiger partial charge in [-0.1, -0.05) is 12.5 Å². The summed E-state index contributed by atoms with van der Waals surface area (Å²) >= 11 is 1.64. The maximum Gasteiger partial charge on any atom is 0.248 e. The molecule has 1 aromatic rings. The maximum atomic E-state index is 13.1. The first kappa shape index (κ1) is 20.7. The number of carbonyl (C=O) groups is 2. The molecule has 0 spiro atoms. The summed E-state index contributed by atoms with van der Waals surface area (Å²) in [6.07, 6.45) is 4.01. The van der Waals surface area contributed by atoms with Gasteiger partial charge in [-0.2, -0.15) is 4.31 Å². The molecule has 1 aromatic carbocycles. The average molecular weight is 438 g/mol. The van der Waals surface area contributed by atoms with Gasteiger partial charge >= 0.3 is 0 Å². The number of anilines is 1. The summed E-state index contributed by atoms with van der Waals surface area (Å²) in [5.41, 5.74) is 1.11. The number of benzene rings is 1. The van der Waals surface area contributed by atoms with E-state index in [9.17, 15) is 18.0 Å². The molecule has 2 atom stereocenters. The Morgan fingerprint density at radius 2 is 1.97 bits per heavy atom. The van der Waals surface area contributed by atoms with Gasteiger partial charge < -0.3 is 10.2 Å². The fourth-order valence-electron chi connectivity index (χ4n) is 4.44. The molecule has 3 aliphatic heterocycles. The van der Waals surface area contributed by atoms with Crippen molar-refractivity contribution in [3.8, 4) is 0 Å². The predicted octanol–water partition coefficient (Wildman–Crippen LogP) is 2.56. The highest BCUT2D eigenvalue weighted by molar-refractivity contribution is 8.01. The molecule has 3 saturated heterocycles. The van der Waals surface area contributed by atoms with Crippen LogP contribution >= 0.6 is 11.8 Å². The van der Waals surface area contributed by atoms with E-state index in [2.05, 4.69) is 5.32 Å². The van der Waals surface area contributed by atoms with Gasteiger partial charge in [-0.3, -0.25) is 9.59 Å². The average Bonchev–Trinajstić information content (AvgIpc) is 3.20. The first-order valence-electron chi connectivity index (χ1n) is 10.1. The van der Waals surface area contributed by atoms with Crippen LogP contribution in [0.3, 0.4) is 0 Å². The van der Waals surface area contributed by atoms with E-state index in [0.29, 0.717) is 36.5 Å². The number of nitrogens with zero attached hydrogens (tertiary/aromatic N) is 2. The van der Waals surface area contributed by atoms with Gasteiger partial charge in [-0.25, -0.2) is 8.42 Å². The van der Waals surface area contributed by atoms with Gasteiger partial charge in [0.1, 0.15) is 6.04 Å². The van der Waals surface area contributed by atoms with Gasteiger partial charge in [-0.15, -0.1) is 11.8 Å². The van der Waals surface area contributed by atoms with Crippen LogP contribution in [0.4, 0.5) is 5.69 Å². The van der Waals surface area contributed by atoms with Gasteiger partial charge in [0.15, 0.2) is 0 Å². The fraction of sp³-hybridized carbons (Fsp3) is 0.600. The molecule has 9 heteroatoms. The van der Waals surface area contributed by atoms with Crippen LogP contribution in [0.2, 0.25) is 0 Å². The zero-order valence-corrected chi connectivity index (χ0v) is 18.4. The molecule has 0 aliphatic carbocycles. The number of thioether (sulfide) groups is 1. The second-order valence-electron chi connectivity index (χ2n) is 8.20. The lowest BCUT2D eigenvalue weighted by Gasteiger charge is -2.30. The van der Waals surface area contributed by atoms with Gasteiger partial charge in [-0.05, 0) is 50.8 Å². The third-order valence-electron chi connectivity index (χ3n) is 6.14. The Morgan fingerprint density at radius 3 is 2.69 bits per heavy atom. The van der Waals surface area contributed by atoms with Crippen LogP contribution in [-0.2, 0) is 19.6 Å². The number of rotatable bonds is 4. The largest absolute Gasteiger partial charge is 0.324 e. The van der Waals surface area contributed by atoms with E-state index in [1.54, 1.807) is 41.8 Å². The molecule has 4 rings (SSSR count).